The average Bonchev–Trinajstić information content (AvgIpc) is 2.94. The molecule has 0 aromatic heterocycles. The number of nitrogens with zero attached hydrogens (tertiary/aromatic N) is 2. The molecular formula is C16H18N2O6S. The van der Waals surface area contributed by atoms with Crippen molar-refractivity contribution in [1.29, 1.82) is 0 Å². The van der Waals surface area contributed by atoms with Gasteiger partial charge in [0.25, 0.3) is 11.8 Å². The molecule has 25 heavy (non-hydrogen) atoms. The van der Waals surface area contributed by atoms with Crippen LogP contribution in [0.1, 0.15) is 25.7 Å². The summed E-state index contributed by atoms with van der Waals surface area (Å²) in [6.45, 7) is 0.273. The minimum absolute atomic E-state index is 0.0191. The number of carbonyl (C=O) groups is 3. The average molecular weight is 366 g/mol. The zero-order valence-corrected chi connectivity index (χ0v) is 14.3. The van der Waals surface area contributed by atoms with Crippen LogP contribution < -0.4 is 0 Å². The second kappa shape index (κ2) is 6.93. The number of hydroxylamine groups is 2. The number of benzene rings is 1. The maximum atomic E-state index is 12.7. The highest BCUT2D eigenvalue weighted by atomic mass is 32.2. The Morgan fingerprint density at radius 1 is 1.08 bits per heavy atom. The van der Waals surface area contributed by atoms with Crippen LogP contribution >= 0.6 is 0 Å². The lowest BCUT2D eigenvalue weighted by Crippen LogP contribution is -2.44. The Balaban J connectivity index is 1.70. The lowest BCUT2D eigenvalue weighted by molar-refractivity contribution is -0.201. The third kappa shape index (κ3) is 3.57. The summed E-state index contributed by atoms with van der Waals surface area (Å²) in [4.78, 5) is 40.4. The lowest BCUT2D eigenvalue weighted by atomic mass is 10.0. The fourth-order valence-electron chi connectivity index (χ4n) is 2.92. The molecule has 0 saturated carbocycles. The van der Waals surface area contributed by atoms with Gasteiger partial charge in [-0.3, -0.25) is 9.59 Å². The van der Waals surface area contributed by atoms with Crippen LogP contribution in [0.15, 0.2) is 35.2 Å². The molecule has 2 aliphatic rings. The van der Waals surface area contributed by atoms with Crippen molar-refractivity contribution in [3.8, 4) is 0 Å². The molecule has 1 aromatic rings. The van der Waals surface area contributed by atoms with Gasteiger partial charge in [0.15, 0.2) is 0 Å². The van der Waals surface area contributed by atoms with Crippen LogP contribution in [0.25, 0.3) is 0 Å². The van der Waals surface area contributed by atoms with E-state index in [1.807, 2.05) is 0 Å². The molecule has 2 fully saturated rings. The molecule has 0 radical (unpaired) electrons. The van der Waals surface area contributed by atoms with Crippen LogP contribution in [-0.2, 0) is 29.2 Å². The van der Waals surface area contributed by atoms with Crippen molar-refractivity contribution in [2.75, 3.05) is 13.1 Å². The Morgan fingerprint density at radius 3 is 2.36 bits per heavy atom. The summed E-state index contributed by atoms with van der Waals surface area (Å²) in [5.74, 6) is -2.57. The summed E-state index contributed by atoms with van der Waals surface area (Å²) >= 11 is 0. The van der Waals surface area contributed by atoms with Crippen molar-refractivity contribution in [2.24, 2.45) is 5.92 Å². The van der Waals surface area contributed by atoms with Gasteiger partial charge in [-0.1, -0.05) is 18.2 Å². The maximum absolute atomic E-state index is 12.7. The summed E-state index contributed by atoms with van der Waals surface area (Å²) in [7, 11) is -3.70. The van der Waals surface area contributed by atoms with Crippen molar-refractivity contribution in [3.05, 3.63) is 30.3 Å². The van der Waals surface area contributed by atoms with Gasteiger partial charge in [0.2, 0.25) is 10.0 Å². The van der Waals surface area contributed by atoms with E-state index in [2.05, 4.69) is 0 Å². The molecular weight excluding hydrogens is 348 g/mol. The van der Waals surface area contributed by atoms with E-state index >= 15 is 0 Å². The summed E-state index contributed by atoms with van der Waals surface area (Å²) in [6, 6.07) is 7.98. The molecule has 3 rings (SSSR count). The first-order chi connectivity index (χ1) is 11.9. The Morgan fingerprint density at radius 2 is 1.72 bits per heavy atom. The van der Waals surface area contributed by atoms with Gasteiger partial charge in [0.1, 0.15) is 0 Å². The SMILES string of the molecule is O=C(ON1C(=O)CCC1=O)[C@@H]1CCCN(S(=O)(=O)c2ccccc2)C1. The van der Waals surface area contributed by atoms with E-state index in [0.29, 0.717) is 24.4 Å². The first-order valence-corrected chi connectivity index (χ1v) is 9.46. The zero-order chi connectivity index (χ0) is 18.0. The van der Waals surface area contributed by atoms with Crippen molar-refractivity contribution < 1.29 is 27.6 Å². The number of rotatable bonds is 4. The van der Waals surface area contributed by atoms with Crippen LogP contribution in [-0.4, -0.2) is 48.7 Å². The molecule has 1 atom stereocenters. The van der Waals surface area contributed by atoms with Crippen molar-refractivity contribution >= 4 is 27.8 Å². The molecule has 8 nitrogen and oxygen atoms in total. The molecule has 2 aliphatic heterocycles. The van der Waals surface area contributed by atoms with Crippen molar-refractivity contribution in [2.45, 2.75) is 30.6 Å². The molecule has 2 heterocycles. The van der Waals surface area contributed by atoms with E-state index in [1.54, 1.807) is 18.2 Å². The predicted octanol–water partition coefficient (Wildman–Crippen LogP) is 0.694. The minimum Gasteiger partial charge on any atom is -0.330 e. The standard InChI is InChI=1S/C16H18N2O6S/c19-14-8-9-15(20)18(14)24-16(21)12-5-4-10-17(11-12)25(22,23)13-6-2-1-3-7-13/h1-3,6-7,12H,4-5,8-11H2/t12-/m1/s1. The van der Waals surface area contributed by atoms with Crippen LogP contribution in [0.2, 0.25) is 0 Å². The second-order valence-corrected chi connectivity index (χ2v) is 7.95. The Kier molecular flexibility index (Phi) is 4.87. The van der Waals surface area contributed by atoms with E-state index in [1.165, 1.54) is 16.4 Å². The number of imide groups is 1. The quantitative estimate of drug-likeness (QED) is 0.727. The molecule has 0 spiro atoms. The van der Waals surface area contributed by atoms with Gasteiger partial charge in [-0.15, -0.1) is 5.06 Å². The monoisotopic (exact) mass is 366 g/mol. The smallest absolute Gasteiger partial charge is 0.330 e. The van der Waals surface area contributed by atoms with Gasteiger partial charge >= 0.3 is 5.97 Å². The van der Waals surface area contributed by atoms with Gasteiger partial charge in [-0.25, -0.2) is 13.2 Å². The summed E-state index contributed by atoms with van der Waals surface area (Å²) in [5.41, 5.74) is 0. The third-order valence-electron chi connectivity index (χ3n) is 4.29. The lowest BCUT2D eigenvalue weighted by Gasteiger charge is -2.31. The number of carbonyl (C=O) groups excluding carboxylic acids is 3. The zero-order valence-electron chi connectivity index (χ0n) is 13.5. The van der Waals surface area contributed by atoms with Crippen LogP contribution in [0, 0.1) is 5.92 Å². The molecule has 0 unspecified atom stereocenters. The van der Waals surface area contributed by atoms with E-state index in [4.69, 9.17) is 4.84 Å². The van der Waals surface area contributed by atoms with Gasteiger partial charge in [-0.05, 0) is 25.0 Å². The molecule has 1 aromatic carbocycles. The highest BCUT2D eigenvalue weighted by Crippen LogP contribution is 2.25. The van der Waals surface area contributed by atoms with E-state index < -0.39 is 33.7 Å². The minimum atomic E-state index is -3.70. The van der Waals surface area contributed by atoms with Crippen LogP contribution in [0.4, 0.5) is 0 Å². The molecule has 0 N–H and O–H groups in total. The molecule has 0 aliphatic carbocycles. The topological polar surface area (TPSA) is 101 Å². The van der Waals surface area contributed by atoms with Gasteiger partial charge in [0.05, 0.1) is 10.8 Å². The normalized spacial score (nSPS) is 22.2. The first-order valence-electron chi connectivity index (χ1n) is 8.02. The Hall–Kier alpha value is -2.26. The highest BCUT2D eigenvalue weighted by Gasteiger charge is 2.38. The molecule has 0 bridgehead atoms. The summed E-state index contributed by atoms with van der Waals surface area (Å²) in [6.07, 6.45) is 0.972. The molecule has 134 valence electrons. The van der Waals surface area contributed by atoms with Gasteiger partial charge < -0.3 is 4.84 Å². The molecule has 2 amide bonds. The number of hydrogen-bond acceptors (Lipinski definition) is 6. The van der Waals surface area contributed by atoms with Crippen LogP contribution in [0.5, 0.6) is 0 Å². The largest absolute Gasteiger partial charge is 0.337 e. The maximum Gasteiger partial charge on any atom is 0.337 e. The van der Waals surface area contributed by atoms with E-state index in [0.717, 1.165) is 0 Å². The number of sulfonamides is 1. The highest BCUT2D eigenvalue weighted by molar-refractivity contribution is 7.89. The van der Waals surface area contributed by atoms with Crippen LogP contribution in [0.3, 0.4) is 0 Å². The Bertz CT molecular complexity index is 776. The Labute approximate surface area is 145 Å². The molecule has 9 heteroatoms. The van der Waals surface area contributed by atoms with E-state index in [-0.39, 0.29) is 24.3 Å². The summed E-state index contributed by atoms with van der Waals surface area (Å²) in [5, 5.41) is 0.493. The van der Waals surface area contributed by atoms with Gasteiger partial charge in [0, 0.05) is 25.9 Å². The fourth-order valence-corrected chi connectivity index (χ4v) is 4.46. The number of piperidine rings is 1. The first kappa shape index (κ1) is 17.6. The van der Waals surface area contributed by atoms with Gasteiger partial charge in [-0.2, -0.15) is 4.31 Å². The third-order valence-corrected chi connectivity index (χ3v) is 6.16. The van der Waals surface area contributed by atoms with E-state index in [9.17, 15) is 22.8 Å². The second-order valence-electron chi connectivity index (χ2n) is 6.01. The fraction of sp³-hybridized carbons (Fsp3) is 0.438. The van der Waals surface area contributed by atoms with Crippen molar-refractivity contribution in [3.63, 3.8) is 0 Å². The molecule has 2 saturated heterocycles. The number of hydrogen-bond donors (Lipinski definition) is 0. The van der Waals surface area contributed by atoms with Crippen molar-refractivity contribution in [1.82, 2.24) is 9.37 Å². The summed E-state index contributed by atoms with van der Waals surface area (Å²) < 4.78 is 26.6. The predicted molar refractivity (Wildman–Crippen MR) is 85.1 cm³/mol. The number of amides is 2.